The molecule has 1 aromatic carbocycles. The summed E-state index contributed by atoms with van der Waals surface area (Å²) in [4.78, 5) is 18.9. The van der Waals surface area contributed by atoms with Gasteiger partial charge in [-0.25, -0.2) is 4.39 Å². The first kappa shape index (κ1) is 26.8. The first-order chi connectivity index (χ1) is 16.9. The van der Waals surface area contributed by atoms with Crippen LogP contribution < -0.4 is 14.9 Å². The van der Waals surface area contributed by atoms with E-state index in [1.165, 1.54) is 11.3 Å². The van der Waals surface area contributed by atoms with Crippen molar-refractivity contribution in [1.82, 2.24) is 9.88 Å². The largest absolute Gasteiger partial charge is 0.491 e. The summed E-state index contributed by atoms with van der Waals surface area (Å²) < 4.78 is 67.1. The lowest BCUT2D eigenvalue weighted by Crippen LogP contribution is -2.28. The topological polar surface area (TPSA) is 64.9 Å². The first-order valence-corrected chi connectivity index (χ1v) is 12.8. The van der Waals surface area contributed by atoms with Crippen molar-refractivity contribution in [3.05, 3.63) is 45.2 Å². The molecular formula is C25H31F4N3O3S. The number of carbonyl (C=O) groups excluding carboxylic acids is 1. The molecule has 0 aliphatic carbocycles. The van der Waals surface area contributed by atoms with Crippen molar-refractivity contribution in [1.29, 1.82) is 0 Å². The summed E-state index contributed by atoms with van der Waals surface area (Å²) in [6, 6.07) is 2.47. The number of nitrogens with zero attached hydrogens (tertiary/aromatic N) is 2. The minimum absolute atomic E-state index is 0.00726. The molecule has 0 bridgehead atoms. The van der Waals surface area contributed by atoms with Crippen molar-refractivity contribution in [3.63, 3.8) is 0 Å². The molecule has 2 aromatic rings. The van der Waals surface area contributed by atoms with Gasteiger partial charge in [0.15, 0.2) is 4.80 Å². The second-order valence-electron chi connectivity index (χ2n) is 10.3. The monoisotopic (exact) mass is 529 g/mol. The number of nitrogens with one attached hydrogen (secondary N) is 1. The second-order valence-corrected chi connectivity index (χ2v) is 11.3. The van der Waals surface area contributed by atoms with Gasteiger partial charge in [0, 0.05) is 30.3 Å². The Labute approximate surface area is 211 Å². The maximum Gasteiger partial charge on any atom is 0.416 e. The number of thiazole rings is 1. The lowest BCUT2D eigenvalue weighted by molar-refractivity contribution is -0.137. The number of ether oxygens (including phenoxy) is 2. The number of amides is 1. The van der Waals surface area contributed by atoms with Crippen LogP contribution in [0.1, 0.15) is 60.8 Å². The number of aromatic nitrogens is 1. The first-order valence-electron chi connectivity index (χ1n) is 12.0. The number of rotatable bonds is 6. The Kier molecular flexibility index (Phi) is 7.92. The van der Waals surface area contributed by atoms with Crippen molar-refractivity contribution in [2.45, 2.75) is 76.5 Å². The Balaban J connectivity index is 1.68. The predicted molar refractivity (Wildman–Crippen MR) is 128 cm³/mol. The number of hydrogen-bond acceptors (Lipinski definition) is 5. The summed E-state index contributed by atoms with van der Waals surface area (Å²) in [6.45, 7) is 7.52. The van der Waals surface area contributed by atoms with Gasteiger partial charge >= 0.3 is 6.18 Å². The summed E-state index contributed by atoms with van der Waals surface area (Å²) in [5.41, 5.74) is -1.45. The lowest BCUT2D eigenvalue weighted by atomic mass is 9.95. The summed E-state index contributed by atoms with van der Waals surface area (Å²) in [7, 11) is 0. The number of carbonyl (C=O) groups is 1. The van der Waals surface area contributed by atoms with Crippen LogP contribution in [0.5, 0.6) is 5.75 Å². The maximum atomic E-state index is 13.5. The molecule has 36 heavy (non-hydrogen) atoms. The average Bonchev–Trinajstić information content (AvgIpc) is 3.54. The molecule has 2 fully saturated rings. The SMILES string of the molecule is CC(C)(C)c1cn(C[C@H]2CCCO2)c(=NC(=O)c2cc(C(F)(F)F)ccc2OC[C@@H]2C[C@@H](F)CN2)s1. The van der Waals surface area contributed by atoms with Gasteiger partial charge in [-0.05, 0) is 42.9 Å². The molecule has 4 rings (SSSR count). The van der Waals surface area contributed by atoms with Gasteiger partial charge in [0.05, 0.1) is 23.8 Å². The summed E-state index contributed by atoms with van der Waals surface area (Å²) in [5, 5.41) is 2.96. The van der Waals surface area contributed by atoms with Gasteiger partial charge in [0.1, 0.15) is 18.5 Å². The molecule has 1 aromatic heterocycles. The van der Waals surface area contributed by atoms with Crippen LogP contribution in [-0.2, 0) is 22.9 Å². The van der Waals surface area contributed by atoms with E-state index in [9.17, 15) is 22.4 Å². The Morgan fingerprint density at radius 3 is 2.69 bits per heavy atom. The maximum absolute atomic E-state index is 13.5. The van der Waals surface area contributed by atoms with Crippen molar-refractivity contribution >= 4 is 17.2 Å². The van der Waals surface area contributed by atoms with Crippen LogP contribution in [-0.4, -0.2) is 48.6 Å². The van der Waals surface area contributed by atoms with Gasteiger partial charge < -0.3 is 19.4 Å². The molecule has 1 amide bonds. The van der Waals surface area contributed by atoms with E-state index in [1.807, 2.05) is 31.5 Å². The standard InChI is InChI=1S/C25H31F4N3O3S/c1-24(2,3)21-13-32(12-18-5-4-8-34-18)23(36-21)31-22(33)19-9-15(25(27,28)29)6-7-20(19)35-14-17-10-16(26)11-30-17/h6-7,9,13,16-18,30H,4-5,8,10-12,14H2,1-3H3/t16-,17+,18-/m1/s1. The van der Waals surface area contributed by atoms with Gasteiger partial charge in [0.25, 0.3) is 5.91 Å². The summed E-state index contributed by atoms with van der Waals surface area (Å²) in [5.74, 6) is -0.846. The molecule has 2 aliphatic heterocycles. The van der Waals surface area contributed by atoms with E-state index < -0.39 is 23.8 Å². The van der Waals surface area contributed by atoms with E-state index in [1.54, 1.807) is 0 Å². The number of benzene rings is 1. The van der Waals surface area contributed by atoms with Crippen LogP contribution >= 0.6 is 11.3 Å². The van der Waals surface area contributed by atoms with Crippen molar-refractivity contribution in [2.24, 2.45) is 4.99 Å². The van der Waals surface area contributed by atoms with Crippen LogP contribution in [0.4, 0.5) is 17.6 Å². The van der Waals surface area contributed by atoms with E-state index in [2.05, 4.69) is 10.3 Å². The second kappa shape index (κ2) is 10.6. The minimum atomic E-state index is -4.63. The molecule has 3 atom stereocenters. The van der Waals surface area contributed by atoms with Crippen molar-refractivity contribution in [2.75, 3.05) is 19.8 Å². The Hall–Kier alpha value is -2.24. The van der Waals surface area contributed by atoms with Crippen LogP contribution in [0.2, 0.25) is 0 Å². The molecular weight excluding hydrogens is 498 g/mol. The van der Waals surface area contributed by atoms with Gasteiger partial charge in [-0.2, -0.15) is 18.2 Å². The highest BCUT2D eigenvalue weighted by Gasteiger charge is 2.33. The summed E-state index contributed by atoms with van der Waals surface area (Å²) in [6.07, 6.45) is -1.63. The third kappa shape index (κ3) is 6.54. The molecule has 11 heteroatoms. The molecule has 6 nitrogen and oxygen atoms in total. The lowest BCUT2D eigenvalue weighted by Gasteiger charge is -2.15. The molecule has 0 unspecified atom stereocenters. The average molecular weight is 530 g/mol. The fraction of sp³-hybridized carbons (Fsp3) is 0.600. The fourth-order valence-electron chi connectivity index (χ4n) is 4.19. The molecule has 2 saturated heterocycles. The molecule has 3 heterocycles. The van der Waals surface area contributed by atoms with E-state index in [-0.39, 0.29) is 48.4 Å². The normalized spacial score (nSPS) is 23.4. The van der Waals surface area contributed by atoms with Crippen LogP contribution in [0.15, 0.2) is 29.4 Å². The number of hydrogen-bond donors (Lipinski definition) is 1. The van der Waals surface area contributed by atoms with Crippen molar-refractivity contribution in [3.8, 4) is 5.75 Å². The van der Waals surface area contributed by atoms with E-state index in [4.69, 9.17) is 9.47 Å². The van der Waals surface area contributed by atoms with E-state index >= 15 is 0 Å². The minimum Gasteiger partial charge on any atom is -0.491 e. The quantitative estimate of drug-likeness (QED) is 0.543. The molecule has 0 spiro atoms. The van der Waals surface area contributed by atoms with Gasteiger partial charge in [0.2, 0.25) is 0 Å². The number of alkyl halides is 4. The zero-order valence-corrected chi connectivity index (χ0v) is 21.3. The zero-order chi connectivity index (χ0) is 26.1. The highest BCUT2D eigenvalue weighted by molar-refractivity contribution is 7.09. The summed E-state index contributed by atoms with van der Waals surface area (Å²) >= 11 is 1.33. The Morgan fingerprint density at radius 1 is 1.31 bits per heavy atom. The number of halogens is 4. The molecule has 0 radical (unpaired) electrons. The molecule has 1 N–H and O–H groups in total. The molecule has 0 saturated carbocycles. The Bertz CT molecular complexity index is 1150. The van der Waals surface area contributed by atoms with Gasteiger partial charge in [-0.1, -0.05) is 20.8 Å². The third-order valence-electron chi connectivity index (χ3n) is 6.23. The Morgan fingerprint density at radius 2 is 2.08 bits per heavy atom. The smallest absolute Gasteiger partial charge is 0.416 e. The fourth-order valence-corrected chi connectivity index (χ4v) is 5.24. The molecule has 198 valence electrons. The zero-order valence-electron chi connectivity index (χ0n) is 20.5. The van der Waals surface area contributed by atoms with Crippen LogP contribution in [0, 0.1) is 0 Å². The van der Waals surface area contributed by atoms with Gasteiger partial charge in [-0.15, -0.1) is 11.3 Å². The highest BCUT2D eigenvalue weighted by Crippen LogP contribution is 2.33. The van der Waals surface area contributed by atoms with Crippen molar-refractivity contribution < 1.29 is 31.8 Å². The predicted octanol–water partition coefficient (Wildman–Crippen LogP) is 4.86. The molecule has 2 aliphatic rings. The van der Waals surface area contributed by atoms with Crippen LogP contribution in [0.3, 0.4) is 0 Å². The van der Waals surface area contributed by atoms with Gasteiger partial charge in [-0.3, -0.25) is 4.79 Å². The van der Waals surface area contributed by atoms with E-state index in [0.717, 1.165) is 35.9 Å². The third-order valence-corrected chi connectivity index (χ3v) is 7.67. The van der Waals surface area contributed by atoms with Crippen LogP contribution in [0.25, 0.3) is 0 Å². The van der Waals surface area contributed by atoms with E-state index in [0.29, 0.717) is 18.0 Å². The highest BCUT2D eigenvalue weighted by atomic mass is 32.1.